The minimum absolute atomic E-state index is 0. The van der Waals surface area contributed by atoms with E-state index in [4.69, 9.17) is 4.74 Å². The second-order valence-electron chi connectivity index (χ2n) is 6.40. The van der Waals surface area contributed by atoms with Crippen molar-refractivity contribution in [3.05, 3.63) is 34.9 Å². The smallest absolute Gasteiger partial charge is 0.251 e. The lowest BCUT2D eigenvalue weighted by Crippen LogP contribution is -2.39. The molecule has 1 aromatic carbocycles. The van der Waals surface area contributed by atoms with Gasteiger partial charge in [-0.2, -0.15) is 0 Å². The predicted molar refractivity (Wildman–Crippen MR) is 94.6 cm³/mol. The average molecular weight is 339 g/mol. The van der Waals surface area contributed by atoms with Crippen molar-refractivity contribution < 1.29 is 9.53 Å². The maximum Gasteiger partial charge on any atom is 0.251 e. The van der Waals surface area contributed by atoms with E-state index in [1.807, 2.05) is 12.1 Å². The summed E-state index contributed by atoms with van der Waals surface area (Å²) in [6, 6.07) is 6.43. The predicted octanol–water partition coefficient (Wildman–Crippen LogP) is 2.79. The van der Waals surface area contributed by atoms with E-state index < -0.39 is 0 Å². The number of piperidine rings is 1. The van der Waals surface area contributed by atoms with Crippen LogP contribution >= 0.6 is 12.4 Å². The van der Waals surface area contributed by atoms with Crippen molar-refractivity contribution in [1.82, 2.24) is 10.6 Å². The summed E-state index contributed by atoms with van der Waals surface area (Å²) in [5, 5.41) is 6.58. The van der Waals surface area contributed by atoms with Crippen LogP contribution in [0.3, 0.4) is 0 Å². The molecule has 23 heavy (non-hydrogen) atoms. The molecule has 0 spiro atoms. The van der Waals surface area contributed by atoms with Gasteiger partial charge >= 0.3 is 0 Å². The molecule has 1 aromatic rings. The van der Waals surface area contributed by atoms with Gasteiger partial charge in [0.15, 0.2) is 0 Å². The summed E-state index contributed by atoms with van der Waals surface area (Å²) in [6.45, 7) is 5.74. The monoisotopic (exact) mass is 338 g/mol. The first-order chi connectivity index (χ1) is 10.8. The number of hydrogen-bond acceptors (Lipinski definition) is 3. The van der Waals surface area contributed by atoms with Gasteiger partial charge in [-0.1, -0.05) is 12.1 Å². The molecule has 0 unspecified atom stereocenters. The molecular weight excluding hydrogens is 312 g/mol. The van der Waals surface area contributed by atoms with Crippen molar-refractivity contribution in [1.29, 1.82) is 0 Å². The number of benzene rings is 1. The van der Waals surface area contributed by atoms with E-state index in [1.54, 1.807) is 0 Å². The van der Waals surface area contributed by atoms with Crippen molar-refractivity contribution in [2.24, 2.45) is 0 Å². The highest BCUT2D eigenvalue weighted by Crippen LogP contribution is 2.29. The SMILES string of the molecule is Cc1c(C(=O)NC2CCOCC2)cccc1C1CCNCC1.Cl. The molecule has 0 bridgehead atoms. The van der Waals surface area contributed by atoms with Gasteiger partial charge in [-0.25, -0.2) is 0 Å². The lowest BCUT2D eigenvalue weighted by molar-refractivity contribution is 0.0696. The van der Waals surface area contributed by atoms with E-state index in [0.717, 1.165) is 63.1 Å². The maximum absolute atomic E-state index is 12.6. The fourth-order valence-electron chi connectivity index (χ4n) is 3.58. The molecule has 0 atom stereocenters. The normalized spacial score (nSPS) is 19.9. The molecular formula is C18H27ClN2O2. The highest BCUT2D eigenvalue weighted by atomic mass is 35.5. The van der Waals surface area contributed by atoms with E-state index in [-0.39, 0.29) is 24.4 Å². The van der Waals surface area contributed by atoms with E-state index in [1.165, 1.54) is 5.56 Å². The summed E-state index contributed by atoms with van der Waals surface area (Å²) in [6.07, 6.45) is 4.15. The second kappa shape index (κ2) is 8.67. The Morgan fingerprint density at radius 3 is 2.57 bits per heavy atom. The molecule has 128 valence electrons. The van der Waals surface area contributed by atoms with Crippen molar-refractivity contribution in [2.45, 2.75) is 44.6 Å². The number of rotatable bonds is 3. The van der Waals surface area contributed by atoms with E-state index in [2.05, 4.69) is 23.6 Å². The van der Waals surface area contributed by atoms with Gasteiger partial charge in [0.2, 0.25) is 0 Å². The molecule has 2 aliphatic rings. The molecule has 0 aromatic heterocycles. The lowest BCUT2D eigenvalue weighted by atomic mass is 9.85. The Hall–Kier alpha value is -1.10. The summed E-state index contributed by atoms with van der Waals surface area (Å²) in [4.78, 5) is 12.6. The van der Waals surface area contributed by atoms with Crippen LogP contribution in [0.5, 0.6) is 0 Å². The molecule has 1 amide bonds. The summed E-state index contributed by atoms with van der Waals surface area (Å²) < 4.78 is 5.35. The summed E-state index contributed by atoms with van der Waals surface area (Å²) >= 11 is 0. The van der Waals surface area contributed by atoms with Crippen LogP contribution in [0.2, 0.25) is 0 Å². The number of ether oxygens (including phenoxy) is 1. The van der Waals surface area contributed by atoms with Crippen molar-refractivity contribution in [3.8, 4) is 0 Å². The number of amides is 1. The highest BCUT2D eigenvalue weighted by molar-refractivity contribution is 5.96. The van der Waals surface area contributed by atoms with Gasteiger partial charge < -0.3 is 15.4 Å². The van der Waals surface area contributed by atoms with Gasteiger partial charge in [0.1, 0.15) is 0 Å². The summed E-state index contributed by atoms with van der Waals surface area (Å²) in [5.74, 6) is 0.650. The van der Waals surface area contributed by atoms with Crippen LogP contribution in [0.4, 0.5) is 0 Å². The molecule has 2 heterocycles. The van der Waals surface area contributed by atoms with Gasteiger partial charge in [0.05, 0.1) is 0 Å². The maximum atomic E-state index is 12.6. The molecule has 0 saturated carbocycles. The number of carbonyl (C=O) groups is 1. The topological polar surface area (TPSA) is 50.4 Å². The molecule has 0 radical (unpaired) electrons. The van der Waals surface area contributed by atoms with E-state index >= 15 is 0 Å². The molecule has 5 heteroatoms. The summed E-state index contributed by atoms with van der Waals surface area (Å²) in [7, 11) is 0. The fourth-order valence-corrected chi connectivity index (χ4v) is 3.58. The number of halogens is 1. The second-order valence-corrected chi connectivity index (χ2v) is 6.40. The Morgan fingerprint density at radius 2 is 1.87 bits per heavy atom. The molecule has 4 nitrogen and oxygen atoms in total. The number of carbonyl (C=O) groups excluding carboxylic acids is 1. The lowest BCUT2D eigenvalue weighted by Gasteiger charge is -2.26. The van der Waals surface area contributed by atoms with Crippen LogP contribution in [0, 0.1) is 6.92 Å². The minimum atomic E-state index is 0. The Bertz CT molecular complexity index is 524. The van der Waals surface area contributed by atoms with Crippen LogP contribution in [0.15, 0.2) is 18.2 Å². The van der Waals surface area contributed by atoms with Gasteiger partial charge in [-0.15, -0.1) is 12.4 Å². The fraction of sp³-hybridized carbons (Fsp3) is 0.611. The zero-order chi connectivity index (χ0) is 15.4. The standard InChI is InChI=1S/C18H26N2O2.ClH/c1-13-16(14-5-9-19-10-6-14)3-2-4-17(13)18(21)20-15-7-11-22-12-8-15;/h2-4,14-15,19H,5-12H2,1H3,(H,20,21);1H. The Morgan fingerprint density at radius 1 is 1.17 bits per heavy atom. The van der Waals surface area contributed by atoms with Crippen LogP contribution in [-0.4, -0.2) is 38.3 Å². The van der Waals surface area contributed by atoms with Gasteiger partial charge in [0.25, 0.3) is 5.91 Å². The van der Waals surface area contributed by atoms with E-state index in [0.29, 0.717) is 5.92 Å². The minimum Gasteiger partial charge on any atom is -0.381 e. The number of nitrogens with one attached hydrogen (secondary N) is 2. The third-order valence-electron chi connectivity index (χ3n) is 4.96. The van der Waals surface area contributed by atoms with Crippen LogP contribution in [0.25, 0.3) is 0 Å². The van der Waals surface area contributed by atoms with Crippen molar-refractivity contribution in [3.63, 3.8) is 0 Å². The zero-order valence-corrected chi connectivity index (χ0v) is 14.6. The molecule has 2 saturated heterocycles. The van der Waals surface area contributed by atoms with Crippen LogP contribution in [-0.2, 0) is 4.74 Å². The summed E-state index contributed by atoms with van der Waals surface area (Å²) in [5.41, 5.74) is 3.34. The first kappa shape index (κ1) is 18.2. The molecule has 2 fully saturated rings. The largest absolute Gasteiger partial charge is 0.381 e. The van der Waals surface area contributed by atoms with Crippen LogP contribution in [0.1, 0.15) is 53.1 Å². The third kappa shape index (κ3) is 4.46. The first-order valence-corrected chi connectivity index (χ1v) is 8.44. The molecule has 2 aliphatic heterocycles. The number of hydrogen-bond donors (Lipinski definition) is 2. The quantitative estimate of drug-likeness (QED) is 0.891. The zero-order valence-electron chi connectivity index (χ0n) is 13.8. The Labute approximate surface area is 144 Å². The van der Waals surface area contributed by atoms with Gasteiger partial charge in [-0.05, 0) is 68.8 Å². The molecule has 3 rings (SSSR count). The Kier molecular flexibility index (Phi) is 6.88. The van der Waals surface area contributed by atoms with Crippen molar-refractivity contribution in [2.75, 3.05) is 26.3 Å². The first-order valence-electron chi connectivity index (χ1n) is 8.44. The average Bonchev–Trinajstić information content (AvgIpc) is 2.56. The Balaban J connectivity index is 0.00000192. The van der Waals surface area contributed by atoms with Gasteiger partial charge in [0, 0.05) is 24.8 Å². The van der Waals surface area contributed by atoms with E-state index in [9.17, 15) is 4.79 Å². The van der Waals surface area contributed by atoms with Crippen molar-refractivity contribution >= 4 is 18.3 Å². The third-order valence-corrected chi connectivity index (χ3v) is 4.96. The molecule has 0 aliphatic carbocycles. The van der Waals surface area contributed by atoms with Crippen LogP contribution < -0.4 is 10.6 Å². The molecule has 2 N–H and O–H groups in total. The highest BCUT2D eigenvalue weighted by Gasteiger charge is 2.22. The van der Waals surface area contributed by atoms with Gasteiger partial charge in [-0.3, -0.25) is 4.79 Å².